The number of carbonyl (C=O) groups is 1. The molecule has 2 aliphatic rings. The Morgan fingerprint density at radius 1 is 1.26 bits per heavy atom. The molecule has 1 aromatic carbocycles. The minimum absolute atomic E-state index is 0.00846. The highest BCUT2D eigenvalue weighted by Gasteiger charge is 2.51. The molecule has 35 heavy (non-hydrogen) atoms. The predicted molar refractivity (Wildman–Crippen MR) is 127 cm³/mol. The van der Waals surface area contributed by atoms with Gasteiger partial charge in [-0.15, -0.1) is 0 Å². The van der Waals surface area contributed by atoms with E-state index in [0.29, 0.717) is 18.7 Å². The Kier molecular flexibility index (Phi) is 6.92. The molecule has 0 spiro atoms. The van der Waals surface area contributed by atoms with Gasteiger partial charge in [0.1, 0.15) is 5.56 Å². The molecule has 11 heteroatoms. The van der Waals surface area contributed by atoms with Crippen LogP contribution in [0.1, 0.15) is 54.6 Å². The van der Waals surface area contributed by atoms with Crippen molar-refractivity contribution in [2.24, 2.45) is 16.6 Å². The van der Waals surface area contributed by atoms with Gasteiger partial charge in [0.25, 0.3) is 5.91 Å². The summed E-state index contributed by atoms with van der Waals surface area (Å²) in [5.41, 5.74) is 2.93. The number of anilines is 2. The summed E-state index contributed by atoms with van der Waals surface area (Å²) < 4.78 is 41.1. The fourth-order valence-electron chi connectivity index (χ4n) is 4.90. The average molecular weight is 493 g/mol. The number of aromatic nitrogens is 2. The normalized spacial score (nSPS) is 25.3. The number of carbonyl (C=O) groups excluding carboxylic acids is 1. The zero-order valence-corrected chi connectivity index (χ0v) is 19.8. The molecule has 1 aliphatic heterocycles. The van der Waals surface area contributed by atoms with Crippen LogP contribution in [0.15, 0.2) is 35.5 Å². The number of nitrogens with one attached hydrogen (secondary N) is 1. The number of primary amides is 1. The SMILES string of the molecule is CN=C[C@H]1C[C@H](N2CCC2)CC[C@@H]1n1cc(C(N)=O)c(Nc2ccc([C@](C)(O)C(F)(F)F)cc2)n1. The second-order valence-electron chi connectivity index (χ2n) is 9.50. The Labute approximate surface area is 202 Å². The molecule has 1 saturated heterocycles. The lowest BCUT2D eigenvalue weighted by Crippen LogP contribution is -2.48. The van der Waals surface area contributed by atoms with Crippen LogP contribution in [0, 0.1) is 5.92 Å². The number of aliphatic hydroxyl groups is 1. The van der Waals surface area contributed by atoms with E-state index in [9.17, 15) is 23.1 Å². The van der Waals surface area contributed by atoms with E-state index < -0.39 is 17.7 Å². The minimum atomic E-state index is -4.81. The molecule has 0 unspecified atom stereocenters. The summed E-state index contributed by atoms with van der Waals surface area (Å²) in [7, 11) is 1.75. The molecule has 1 amide bonds. The van der Waals surface area contributed by atoms with Gasteiger partial charge in [0.05, 0.1) is 6.04 Å². The fraction of sp³-hybridized carbons (Fsp3) is 0.542. The first-order chi connectivity index (χ1) is 16.5. The van der Waals surface area contributed by atoms with E-state index in [2.05, 4.69) is 20.3 Å². The monoisotopic (exact) mass is 492 g/mol. The minimum Gasteiger partial charge on any atom is -0.376 e. The third-order valence-electron chi connectivity index (χ3n) is 7.18. The maximum atomic E-state index is 13.1. The van der Waals surface area contributed by atoms with E-state index in [-0.39, 0.29) is 28.9 Å². The molecule has 0 bridgehead atoms. The summed E-state index contributed by atoms with van der Waals surface area (Å²) in [4.78, 5) is 18.9. The Bertz CT molecular complexity index is 1080. The topological polar surface area (TPSA) is 109 Å². The largest absolute Gasteiger partial charge is 0.421 e. The van der Waals surface area contributed by atoms with Gasteiger partial charge in [-0.3, -0.25) is 9.48 Å². The van der Waals surface area contributed by atoms with Gasteiger partial charge in [0, 0.05) is 37.1 Å². The summed E-state index contributed by atoms with van der Waals surface area (Å²) in [5.74, 6) is -0.285. The number of benzene rings is 1. The maximum Gasteiger partial charge on any atom is 0.421 e. The molecule has 1 aromatic heterocycles. The second kappa shape index (κ2) is 9.62. The number of alkyl halides is 3. The van der Waals surface area contributed by atoms with Crippen LogP contribution < -0.4 is 11.1 Å². The predicted octanol–water partition coefficient (Wildman–Crippen LogP) is 3.61. The van der Waals surface area contributed by atoms with Crippen molar-refractivity contribution in [2.45, 2.75) is 56.5 Å². The summed E-state index contributed by atoms with van der Waals surface area (Å²) in [5, 5.41) is 17.5. The number of nitrogens with zero attached hydrogens (tertiary/aromatic N) is 4. The molecule has 1 aliphatic carbocycles. The number of rotatable bonds is 7. The molecule has 190 valence electrons. The smallest absolute Gasteiger partial charge is 0.376 e. The van der Waals surface area contributed by atoms with Gasteiger partial charge < -0.3 is 26.0 Å². The molecule has 2 heterocycles. The highest BCUT2D eigenvalue weighted by atomic mass is 19.4. The van der Waals surface area contributed by atoms with E-state index in [0.717, 1.165) is 32.4 Å². The van der Waals surface area contributed by atoms with Gasteiger partial charge >= 0.3 is 6.18 Å². The number of amides is 1. The van der Waals surface area contributed by atoms with Gasteiger partial charge in [-0.1, -0.05) is 12.1 Å². The quantitative estimate of drug-likeness (QED) is 0.512. The van der Waals surface area contributed by atoms with Crippen LogP contribution in [-0.2, 0) is 5.60 Å². The third-order valence-corrected chi connectivity index (χ3v) is 7.18. The molecule has 0 radical (unpaired) electrons. The van der Waals surface area contributed by atoms with E-state index in [1.54, 1.807) is 17.9 Å². The van der Waals surface area contributed by atoms with Gasteiger partial charge in [-0.2, -0.15) is 18.3 Å². The van der Waals surface area contributed by atoms with Crippen molar-refractivity contribution < 1.29 is 23.1 Å². The molecule has 4 atom stereocenters. The summed E-state index contributed by atoms with van der Waals surface area (Å²) in [6.07, 6.45) is 2.84. The molecule has 1 saturated carbocycles. The van der Waals surface area contributed by atoms with Gasteiger partial charge in [-0.05, 0) is 63.4 Å². The van der Waals surface area contributed by atoms with Crippen LogP contribution in [0.25, 0.3) is 0 Å². The number of hydrogen-bond acceptors (Lipinski definition) is 6. The van der Waals surface area contributed by atoms with Crippen LogP contribution in [0.3, 0.4) is 0 Å². The molecular formula is C24H31F3N6O2. The number of likely N-dealkylation sites (tertiary alicyclic amines) is 1. The first-order valence-corrected chi connectivity index (χ1v) is 11.7. The highest BCUT2D eigenvalue weighted by molar-refractivity contribution is 5.98. The van der Waals surface area contributed by atoms with Crippen molar-refractivity contribution in [3.8, 4) is 0 Å². The van der Waals surface area contributed by atoms with Crippen LogP contribution in [-0.4, -0.2) is 64.3 Å². The Morgan fingerprint density at radius 3 is 2.49 bits per heavy atom. The first-order valence-electron chi connectivity index (χ1n) is 11.7. The average Bonchev–Trinajstić information content (AvgIpc) is 3.16. The Balaban J connectivity index is 1.55. The molecule has 2 aromatic rings. The molecular weight excluding hydrogens is 461 g/mol. The zero-order chi connectivity index (χ0) is 25.4. The van der Waals surface area contributed by atoms with E-state index in [4.69, 9.17) is 5.73 Å². The lowest BCUT2D eigenvalue weighted by molar-refractivity contribution is -0.258. The fourth-order valence-corrected chi connectivity index (χ4v) is 4.90. The standard InChI is InChI=1S/C24H31F3N6O2/c1-23(35,24(25,26)27)16-4-6-17(7-5-16)30-22-19(21(28)34)14-33(31-22)20-9-8-18(32-10-3-11-32)12-15(20)13-29-2/h4-7,13-15,18,20,35H,3,8-12H2,1-2H3,(H2,28,34)(H,30,31)/t15-,18-,20+,23+/m1/s1. The highest BCUT2D eigenvalue weighted by Crippen LogP contribution is 2.39. The summed E-state index contributed by atoms with van der Waals surface area (Å²) >= 11 is 0. The Morgan fingerprint density at radius 2 is 1.94 bits per heavy atom. The van der Waals surface area contributed by atoms with E-state index >= 15 is 0 Å². The van der Waals surface area contributed by atoms with Crippen LogP contribution in [0.5, 0.6) is 0 Å². The number of nitrogens with two attached hydrogens (primary N) is 1. The molecule has 4 rings (SSSR count). The van der Waals surface area contributed by atoms with Crippen molar-refractivity contribution in [1.82, 2.24) is 14.7 Å². The lowest BCUT2D eigenvalue weighted by atomic mass is 9.80. The van der Waals surface area contributed by atoms with E-state index in [1.807, 2.05) is 6.21 Å². The first kappa shape index (κ1) is 25.2. The Hall–Kier alpha value is -2.92. The van der Waals surface area contributed by atoms with Crippen molar-refractivity contribution in [2.75, 3.05) is 25.5 Å². The van der Waals surface area contributed by atoms with Gasteiger partial charge in [0.2, 0.25) is 0 Å². The van der Waals surface area contributed by atoms with E-state index in [1.165, 1.54) is 30.7 Å². The number of aliphatic imine (C=N–C) groups is 1. The van der Waals surface area contributed by atoms with Crippen LogP contribution in [0.2, 0.25) is 0 Å². The maximum absolute atomic E-state index is 13.1. The van der Waals surface area contributed by atoms with Crippen LogP contribution in [0.4, 0.5) is 24.7 Å². The lowest BCUT2D eigenvalue weighted by Gasteiger charge is -2.44. The van der Waals surface area contributed by atoms with Crippen molar-refractivity contribution in [1.29, 1.82) is 0 Å². The molecule has 2 fully saturated rings. The van der Waals surface area contributed by atoms with Gasteiger partial charge in [-0.25, -0.2) is 0 Å². The van der Waals surface area contributed by atoms with Crippen molar-refractivity contribution >= 4 is 23.6 Å². The zero-order valence-electron chi connectivity index (χ0n) is 19.8. The number of halogens is 3. The van der Waals surface area contributed by atoms with Crippen LogP contribution >= 0.6 is 0 Å². The molecule has 8 nitrogen and oxygen atoms in total. The molecule has 4 N–H and O–H groups in total. The second-order valence-corrected chi connectivity index (χ2v) is 9.50. The summed E-state index contributed by atoms with van der Waals surface area (Å²) in [6.45, 7) is 2.96. The number of hydrogen-bond donors (Lipinski definition) is 3. The third kappa shape index (κ3) is 5.06. The van der Waals surface area contributed by atoms with Gasteiger partial charge in [0.15, 0.2) is 11.4 Å². The summed E-state index contributed by atoms with van der Waals surface area (Å²) in [6, 6.07) is 5.67. The van der Waals surface area contributed by atoms with Crippen molar-refractivity contribution in [3.05, 3.63) is 41.6 Å². The van der Waals surface area contributed by atoms with Crippen molar-refractivity contribution in [3.63, 3.8) is 0 Å².